The molecule has 0 aromatic heterocycles. The molecule has 4 nitrogen and oxygen atoms in total. The van der Waals surface area contributed by atoms with Crippen molar-refractivity contribution in [2.75, 3.05) is 26.7 Å². The number of hydrogen-bond donors (Lipinski definition) is 2. The maximum Gasteiger partial charge on any atom is 0.234 e. The number of rotatable bonds is 5. The number of piperidine rings is 1. The summed E-state index contributed by atoms with van der Waals surface area (Å²) < 4.78 is 0. The molecule has 2 unspecified atom stereocenters. The molecule has 1 aliphatic rings. The molecular weight excluding hydrogens is 202 g/mol. The van der Waals surface area contributed by atoms with Gasteiger partial charge in [0.05, 0.1) is 6.54 Å². The van der Waals surface area contributed by atoms with Crippen molar-refractivity contribution in [1.29, 1.82) is 0 Å². The van der Waals surface area contributed by atoms with E-state index in [2.05, 4.69) is 36.1 Å². The van der Waals surface area contributed by atoms with Crippen LogP contribution in [0.2, 0.25) is 0 Å². The van der Waals surface area contributed by atoms with E-state index in [4.69, 9.17) is 0 Å². The summed E-state index contributed by atoms with van der Waals surface area (Å²) in [6.07, 6.45) is 3.85. The fourth-order valence-electron chi connectivity index (χ4n) is 1.99. The van der Waals surface area contributed by atoms with Crippen molar-refractivity contribution in [3.63, 3.8) is 0 Å². The normalized spacial score (nSPS) is 26.4. The monoisotopic (exact) mass is 225 g/mol. The van der Waals surface area contributed by atoms with Crippen LogP contribution in [0.3, 0.4) is 0 Å². The molecule has 0 bridgehead atoms. The van der Waals surface area contributed by atoms with Gasteiger partial charge in [0.2, 0.25) is 5.91 Å². The largest absolute Gasteiger partial charge is 0.352 e. The van der Waals surface area contributed by atoms with E-state index >= 15 is 0 Å². The van der Waals surface area contributed by atoms with Gasteiger partial charge in [-0.3, -0.25) is 4.79 Å². The number of carbonyl (C=O) groups excluding carboxylic acids is 1. The van der Waals surface area contributed by atoms with Gasteiger partial charge in [-0.1, -0.05) is 6.08 Å². The predicted molar refractivity (Wildman–Crippen MR) is 66.3 cm³/mol. The third-order valence-electron chi connectivity index (χ3n) is 3.15. The fourth-order valence-corrected chi connectivity index (χ4v) is 1.99. The Labute approximate surface area is 98.1 Å². The summed E-state index contributed by atoms with van der Waals surface area (Å²) in [4.78, 5) is 13.9. The molecule has 0 aromatic rings. The Bertz CT molecular complexity index is 242. The minimum Gasteiger partial charge on any atom is -0.352 e. The predicted octanol–water partition coefficient (Wildman–Crippen LogP) is 0.361. The lowest BCUT2D eigenvalue weighted by Gasteiger charge is -2.35. The van der Waals surface area contributed by atoms with E-state index in [-0.39, 0.29) is 5.91 Å². The second-order valence-electron chi connectivity index (χ2n) is 4.54. The van der Waals surface area contributed by atoms with E-state index in [0.717, 1.165) is 19.4 Å². The molecule has 1 rings (SSSR count). The van der Waals surface area contributed by atoms with Crippen LogP contribution in [0.25, 0.3) is 0 Å². The first kappa shape index (κ1) is 13.2. The molecular formula is C12H23N3O. The Hall–Kier alpha value is -0.870. The minimum absolute atomic E-state index is 0.0867. The summed E-state index contributed by atoms with van der Waals surface area (Å²) in [6.45, 7) is 7.92. The molecule has 1 fully saturated rings. The van der Waals surface area contributed by atoms with Crippen LogP contribution in [-0.4, -0.2) is 49.6 Å². The Morgan fingerprint density at radius 1 is 1.62 bits per heavy atom. The summed E-state index contributed by atoms with van der Waals surface area (Å²) in [5.74, 6) is 0.0867. The zero-order chi connectivity index (χ0) is 12.0. The fraction of sp³-hybridized carbons (Fsp3) is 0.750. The number of nitrogens with one attached hydrogen (secondary N) is 2. The van der Waals surface area contributed by atoms with Gasteiger partial charge in [0.15, 0.2) is 0 Å². The maximum atomic E-state index is 11.6. The standard InChI is InChI=1S/C12H23N3O/c1-4-6-13-9-12(16)14-11-5-7-15(3)10(2)8-11/h4,10-11,13H,1,5-9H2,2-3H3,(H,14,16). The molecule has 0 spiro atoms. The summed E-state index contributed by atoms with van der Waals surface area (Å²) in [6, 6.07) is 0.893. The van der Waals surface area contributed by atoms with Crippen molar-refractivity contribution in [3.8, 4) is 0 Å². The van der Waals surface area contributed by atoms with Gasteiger partial charge < -0.3 is 15.5 Å². The van der Waals surface area contributed by atoms with Crippen LogP contribution in [0.15, 0.2) is 12.7 Å². The number of likely N-dealkylation sites (tertiary alicyclic amines) is 1. The lowest BCUT2D eigenvalue weighted by atomic mass is 9.99. The first-order chi connectivity index (χ1) is 7.63. The van der Waals surface area contributed by atoms with Gasteiger partial charge in [0.1, 0.15) is 0 Å². The maximum absolute atomic E-state index is 11.6. The molecule has 92 valence electrons. The summed E-state index contributed by atoms with van der Waals surface area (Å²) >= 11 is 0. The Balaban J connectivity index is 2.21. The third kappa shape index (κ3) is 4.33. The second-order valence-corrected chi connectivity index (χ2v) is 4.54. The van der Waals surface area contributed by atoms with Crippen LogP contribution >= 0.6 is 0 Å². The van der Waals surface area contributed by atoms with Crippen LogP contribution in [0, 0.1) is 0 Å². The highest BCUT2D eigenvalue weighted by Gasteiger charge is 2.23. The number of nitrogens with zero attached hydrogens (tertiary/aromatic N) is 1. The molecule has 4 heteroatoms. The highest BCUT2D eigenvalue weighted by Crippen LogP contribution is 2.14. The van der Waals surface area contributed by atoms with Crippen LogP contribution in [0.5, 0.6) is 0 Å². The molecule has 0 saturated carbocycles. The highest BCUT2D eigenvalue weighted by atomic mass is 16.1. The molecule has 0 aliphatic carbocycles. The lowest BCUT2D eigenvalue weighted by Crippen LogP contribution is -2.49. The SMILES string of the molecule is C=CCNCC(=O)NC1CCN(C)C(C)C1. The Morgan fingerprint density at radius 2 is 2.38 bits per heavy atom. The van der Waals surface area contributed by atoms with E-state index in [9.17, 15) is 4.79 Å². The molecule has 1 heterocycles. The van der Waals surface area contributed by atoms with Gasteiger partial charge in [-0.2, -0.15) is 0 Å². The molecule has 16 heavy (non-hydrogen) atoms. The lowest BCUT2D eigenvalue weighted by molar-refractivity contribution is -0.121. The first-order valence-electron chi connectivity index (χ1n) is 5.94. The molecule has 2 atom stereocenters. The minimum atomic E-state index is 0.0867. The molecule has 1 amide bonds. The smallest absolute Gasteiger partial charge is 0.234 e. The Kier molecular flexibility index (Phi) is 5.49. The van der Waals surface area contributed by atoms with Crippen molar-refractivity contribution in [2.45, 2.75) is 31.8 Å². The van der Waals surface area contributed by atoms with Crippen LogP contribution in [0.1, 0.15) is 19.8 Å². The van der Waals surface area contributed by atoms with Crippen molar-refractivity contribution in [3.05, 3.63) is 12.7 Å². The summed E-state index contributed by atoms with van der Waals surface area (Å²) in [5.41, 5.74) is 0. The number of hydrogen-bond acceptors (Lipinski definition) is 3. The van der Waals surface area contributed by atoms with Gasteiger partial charge in [-0.05, 0) is 26.8 Å². The van der Waals surface area contributed by atoms with E-state index in [1.54, 1.807) is 6.08 Å². The van der Waals surface area contributed by atoms with Gasteiger partial charge in [-0.15, -0.1) is 6.58 Å². The molecule has 1 saturated heterocycles. The summed E-state index contributed by atoms with van der Waals surface area (Å²) in [7, 11) is 2.13. The zero-order valence-corrected chi connectivity index (χ0v) is 10.3. The average Bonchev–Trinajstić information content (AvgIpc) is 2.24. The summed E-state index contributed by atoms with van der Waals surface area (Å²) in [5, 5.41) is 6.07. The van der Waals surface area contributed by atoms with Gasteiger partial charge in [0.25, 0.3) is 0 Å². The Morgan fingerprint density at radius 3 is 3.00 bits per heavy atom. The van der Waals surface area contributed by atoms with E-state index in [1.807, 2.05) is 0 Å². The molecule has 0 aromatic carbocycles. The zero-order valence-electron chi connectivity index (χ0n) is 10.3. The quantitative estimate of drug-likeness (QED) is 0.524. The molecule has 0 radical (unpaired) electrons. The number of amides is 1. The van der Waals surface area contributed by atoms with Gasteiger partial charge >= 0.3 is 0 Å². The topological polar surface area (TPSA) is 44.4 Å². The van der Waals surface area contributed by atoms with E-state index in [0.29, 0.717) is 25.2 Å². The second kappa shape index (κ2) is 6.66. The highest BCUT2D eigenvalue weighted by molar-refractivity contribution is 5.78. The van der Waals surface area contributed by atoms with Crippen molar-refractivity contribution >= 4 is 5.91 Å². The van der Waals surface area contributed by atoms with E-state index in [1.165, 1.54) is 0 Å². The van der Waals surface area contributed by atoms with Crippen molar-refractivity contribution in [2.24, 2.45) is 0 Å². The van der Waals surface area contributed by atoms with Crippen LogP contribution in [-0.2, 0) is 4.79 Å². The van der Waals surface area contributed by atoms with Crippen molar-refractivity contribution in [1.82, 2.24) is 15.5 Å². The molecule has 1 aliphatic heterocycles. The number of carbonyl (C=O) groups is 1. The first-order valence-corrected chi connectivity index (χ1v) is 5.94. The van der Waals surface area contributed by atoms with E-state index < -0.39 is 0 Å². The molecule has 2 N–H and O–H groups in total. The van der Waals surface area contributed by atoms with Crippen LogP contribution < -0.4 is 10.6 Å². The van der Waals surface area contributed by atoms with Crippen LogP contribution in [0.4, 0.5) is 0 Å². The van der Waals surface area contributed by atoms with Crippen molar-refractivity contribution < 1.29 is 4.79 Å². The van der Waals surface area contributed by atoms with Gasteiger partial charge in [0, 0.05) is 25.2 Å². The average molecular weight is 225 g/mol. The van der Waals surface area contributed by atoms with Gasteiger partial charge in [-0.25, -0.2) is 0 Å². The third-order valence-corrected chi connectivity index (χ3v) is 3.15.